The number of nitrogens with two attached hydrogens (primary N) is 2. The lowest BCUT2D eigenvalue weighted by Gasteiger charge is -2.04. The molecule has 2 aromatic rings. The summed E-state index contributed by atoms with van der Waals surface area (Å²) in [4.78, 5) is 9.01. The van der Waals surface area contributed by atoms with Gasteiger partial charge in [-0.2, -0.15) is 0 Å². The Morgan fingerprint density at radius 3 is 2.69 bits per heavy atom. The molecule has 0 unspecified atom stereocenters. The first kappa shape index (κ1) is 10.8. The minimum Gasteiger partial charge on any atom is -0.397 e. The average molecular weight is 232 g/mol. The molecule has 0 atom stereocenters. The number of rotatable bonds is 3. The molecule has 82 valence electrons. The zero-order valence-corrected chi connectivity index (χ0v) is 9.45. The molecule has 0 aliphatic rings. The number of aromatic nitrogens is 2. The molecule has 0 amide bonds. The third-order valence-corrected chi connectivity index (χ3v) is 3.21. The van der Waals surface area contributed by atoms with E-state index in [1.807, 2.05) is 12.1 Å². The number of nitrogen functional groups attached to an aromatic ring is 2. The molecule has 4 nitrogen and oxygen atoms in total. The van der Waals surface area contributed by atoms with Crippen LogP contribution >= 0.6 is 11.8 Å². The highest BCUT2D eigenvalue weighted by Gasteiger charge is 2.00. The number of pyridine rings is 2. The molecular formula is C11H12N4S. The third kappa shape index (κ3) is 2.64. The van der Waals surface area contributed by atoms with Crippen molar-refractivity contribution in [1.29, 1.82) is 0 Å². The Balaban J connectivity index is 2.02. The molecule has 4 N–H and O–H groups in total. The monoisotopic (exact) mass is 232 g/mol. The standard InChI is InChI=1S/C11H12N4S/c12-9-6-14-4-3-10(9)16-7-8-1-2-11(13)15-5-8/h1-6H,7,12H2,(H2,13,15). The van der Waals surface area contributed by atoms with Gasteiger partial charge in [0.1, 0.15) is 5.82 Å². The number of nitrogens with zero attached hydrogens (tertiary/aromatic N) is 2. The SMILES string of the molecule is Nc1ccc(CSc2ccncc2N)cn1. The van der Waals surface area contributed by atoms with Crippen LogP contribution in [0, 0.1) is 0 Å². The van der Waals surface area contributed by atoms with Gasteiger partial charge in [0.05, 0.1) is 11.9 Å². The zero-order chi connectivity index (χ0) is 11.4. The van der Waals surface area contributed by atoms with Crippen LogP contribution in [0.15, 0.2) is 41.7 Å². The fourth-order valence-corrected chi connectivity index (χ4v) is 2.08. The minimum absolute atomic E-state index is 0.539. The molecule has 2 rings (SSSR count). The zero-order valence-electron chi connectivity index (χ0n) is 8.63. The van der Waals surface area contributed by atoms with Gasteiger partial charge in [-0.15, -0.1) is 11.8 Å². The summed E-state index contributed by atoms with van der Waals surface area (Å²) in [6.07, 6.45) is 5.17. The second-order valence-corrected chi connectivity index (χ2v) is 4.31. The van der Waals surface area contributed by atoms with Crippen molar-refractivity contribution in [1.82, 2.24) is 9.97 Å². The van der Waals surface area contributed by atoms with Gasteiger partial charge < -0.3 is 11.5 Å². The van der Waals surface area contributed by atoms with E-state index < -0.39 is 0 Å². The quantitative estimate of drug-likeness (QED) is 0.791. The molecule has 0 radical (unpaired) electrons. The van der Waals surface area contributed by atoms with E-state index in [1.54, 1.807) is 36.4 Å². The highest BCUT2D eigenvalue weighted by molar-refractivity contribution is 7.98. The van der Waals surface area contributed by atoms with Gasteiger partial charge in [0.2, 0.25) is 0 Å². The number of hydrogen-bond donors (Lipinski definition) is 2. The molecule has 0 saturated heterocycles. The molecule has 2 aromatic heterocycles. The van der Waals surface area contributed by atoms with Crippen LogP contribution in [0.4, 0.5) is 11.5 Å². The second kappa shape index (κ2) is 4.85. The van der Waals surface area contributed by atoms with Crippen LogP contribution in [-0.4, -0.2) is 9.97 Å². The van der Waals surface area contributed by atoms with Crippen molar-refractivity contribution in [3.05, 3.63) is 42.4 Å². The molecule has 16 heavy (non-hydrogen) atoms. The Morgan fingerprint density at radius 1 is 1.12 bits per heavy atom. The fraction of sp³-hybridized carbons (Fsp3) is 0.0909. The van der Waals surface area contributed by atoms with E-state index in [9.17, 15) is 0 Å². The Bertz CT molecular complexity index is 470. The van der Waals surface area contributed by atoms with E-state index in [2.05, 4.69) is 9.97 Å². The molecule has 0 spiro atoms. The molecule has 0 aliphatic carbocycles. The Morgan fingerprint density at radius 2 is 2.00 bits per heavy atom. The molecule has 2 heterocycles. The largest absolute Gasteiger partial charge is 0.397 e. The van der Waals surface area contributed by atoms with Crippen molar-refractivity contribution < 1.29 is 0 Å². The number of anilines is 2. The van der Waals surface area contributed by atoms with Gasteiger partial charge in [-0.25, -0.2) is 4.98 Å². The van der Waals surface area contributed by atoms with E-state index in [0.29, 0.717) is 11.5 Å². The van der Waals surface area contributed by atoms with Crippen molar-refractivity contribution in [2.75, 3.05) is 11.5 Å². The maximum absolute atomic E-state index is 5.79. The predicted octanol–water partition coefficient (Wildman–Crippen LogP) is 1.93. The fourth-order valence-electron chi connectivity index (χ4n) is 1.21. The van der Waals surface area contributed by atoms with Gasteiger partial charge in [0.25, 0.3) is 0 Å². The molecule has 5 heteroatoms. The first-order valence-electron chi connectivity index (χ1n) is 4.78. The summed E-state index contributed by atoms with van der Waals surface area (Å²) in [5.74, 6) is 1.36. The summed E-state index contributed by atoms with van der Waals surface area (Å²) in [5, 5.41) is 0. The number of hydrogen-bond acceptors (Lipinski definition) is 5. The summed E-state index contributed by atoms with van der Waals surface area (Å²) in [6, 6.07) is 5.67. The molecule has 0 aromatic carbocycles. The predicted molar refractivity (Wildman–Crippen MR) is 66.9 cm³/mol. The van der Waals surface area contributed by atoms with Gasteiger partial charge in [-0.05, 0) is 17.7 Å². The Labute approximate surface area is 98.1 Å². The molecule has 0 fully saturated rings. The van der Waals surface area contributed by atoms with Crippen molar-refractivity contribution in [3.8, 4) is 0 Å². The topological polar surface area (TPSA) is 77.8 Å². The second-order valence-electron chi connectivity index (χ2n) is 3.29. The summed E-state index contributed by atoms with van der Waals surface area (Å²) >= 11 is 1.66. The first-order chi connectivity index (χ1) is 7.75. The van der Waals surface area contributed by atoms with Crippen molar-refractivity contribution in [3.63, 3.8) is 0 Å². The normalized spacial score (nSPS) is 10.2. The van der Waals surface area contributed by atoms with Crippen LogP contribution in [-0.2, 0) is 5.75 Å². The molecule has 0 aliphatic heterocycles. The van der Waals surface area contributed by atoms with Gasteiger partial charge in [0.15, 0.2) is 0 Å². The highest BCUT2D eigenvalue weighted by Crippen LogP contribution is 2.26. The summed E-state index contributed by atoms with van der Waals surface area (Å²) in [5.41, 5.74) is 13.1. The van der Waals surface area contributed by atoms with E-state index in [0.717, 1.165) is 16.2 Å². The van der Waals surface area contributed by atoms with Crippen molar-refractivity contribution >= 4 is 23.3 Å². The summed E-state index contributed by atoms with van der Waals surface area (Å²) in [6.45, 7) is 0. The van der Waals surface area contributed by atoms with Crippen LogP contribution < -0.4 is 11.5 Å². The van der Waals surface area contributed by atoms with E-state index in [4.69, 9.17) is 11.5 Å². The van der Waals surface area contributed by atoms with Gasteiger partial charge in [-0.1, -0.05) is 6.07 Å². The van der Waals surface area contributed by atoms with Crippen LogP contribution in [0.2, 0.25) is 0 Å². The number of thioether (sulfide) groups is 1. The van der Waals surface area contributed by atoms with E-state index in [1.165, 1.54) is 0 Å². The van der Waals surface area contributed by atoms with Crippen molar-refractivity contribution in [2.24, 2.45) is 0 Å². The van der Waals surface area contributed by atoms with Crippen LogP contribution in [0.3, 0.4) is 0 Å². The molecule has 0 saturated carbocycles. The molecule has 0 bridgehead atoms. The lowest BCUT2D eigenvalue weighted by Crippen LogP contribution is -1.92. The van der Waals surface area contributed by atoms with Crippen LogP contribution in [0.25, 0.3) is 0 Å². The minimum atomic E-state index is 0.539. The van der Waals surface area contributed by atoms with Crippen molar-refractivity contribution in [2.45, 2.75) is 10.6 Å². The maximum Gasteiger partial charge on any atom is 0.123 e. The highest BCUT2D eigenvalue weighted by atomic mass is 32.2. The third-order valence-electron chi connectivity index (χ3n) is 2.05. The van der Waals surface area contributed by atoms with E-state index in [-0.39, 0.29) is 0 Å². The Kier molecular flexibility index (Phi) is 3.26. The molecular weight excluding hydrogens is 220 g/mol. The van der Waals surface area contributed by atoms with Crippen LogP contribution in [0.1, 0.15) is 5.56 Å². The lowest BCUT2D eigenvalue weighted by atomic mass is 10.3. The average Bonchev–Trinajstić information content (AvgIpc) is 2.30. The van der Waals surface area contributed by atoms with Gasteiger partial charge in [-0.3, -0.25) is 4.98 Å². The summed E-state index contributed by atoms with van der Waals surface area (Å²) in [7, 11) is 0. The smallest absolute Gasteiger partial charge is 0.123 e. The summed E-state index contributed by atoms with van der Waals surface area (Å²) < 4.78 is 0. The Hall–Kier alpha value is -1.75. The first-order valence-corrected chi connectivity index (χ1v) is 5.77. The lowest BCUT2D eigenvalue weighted by molar-refractivity contribution is 1.24. The van der Waals surface area contributed by atoms with Gasteiger partial charge in [0, 0.05) is 23.0 Å². The maximum atomic E-state index is 5.79. The van der Waals surface area contributed by atoms with Gasteiger partial charge >= 0.3 is 0 Å². The van der Waals surface area contributed by atoms with Crippen LogP contribution in [0.5, 0.6) is 0 Å². The van der Waals surface area contributed by atoms with E-state index >= 15 is 0 Å².